The van der Waals surface area contributed by atoms with E-state index < -0.39 is 0 Å². The van der Waals surface area contributed by atoms with Crippen LogP contribution in [0.15, 0.2) is 12.4 Å². The second-order valence-corrected chi connectivity index (χ2v) is 3.62. The van der Waals surface area contributed by atoms with Crippen LogP contribution >= 0.6 is 0 Å². The molecule has 14 heavy (non-hydrogen) atoms. The molecule has 0 bridgehead atoms. The van der Waals surface area contributed by atoms with E-state index in [0.717, 1.165) is 25.0 Å². The first-order valence-electron chi connectivity index (χ1n) is 5.56. The molecule has 0 unspecified atom stereocenters. The number of anilines is 1. The van der Waals surface area contributed by atoms with Gasteiger partial charge in [0.25, 0.3) is 0 Å². The summed E-state index contributed by atoms with van der Waals surface area (Å²) in [5.41, 5.74) is 0. The van der Waals surface area contributed by atoms with E-state index in [1.807, 2.05) is 6.20 Å². The lowest BCUT2D eigenvalue weighted by Gasteiger charge is -2.15. The molecule has 0 fully saturated rings. The fourth-order valence-electron chi connectivity index (χ4n) is 1.61. The van der Waals surface area contributed by atoms with Crippen LogP contribution in [-0.2, 0) is 6.54 Å². The SMILES string of the molecule is CCNc1nccn1CC(CC)CC. The maximum Gasteiger partial charge on any atom is 0.202 e. The first-order valence-corrected chi connectivity index (χ1v) is 5.56. The smallest absolute Gasteiger partial charge is 0.202 e. The number of nitrogens with one attached hydrogen (secondary N) is 1. The van der Waals surface area contributed by atoms with Crippen molar-refractivity contribution in [1.29, 1.82) is 0 Å². The van der Waals surface area contributed by atoms with Gasteiger partial charge in [-0.05, 0) is 12.8 Å². The first kappa shape index (κ1) is 11.1. The Labute approximate surface area is 86.5 Å². The quantitative estimate of drug-likeness (QED) is 0.756. The van der Waals surface area contributed by atoms with Crippen molar-refractivity contribution in [2.45, 2.75) is 40.2 Å². The number of rotatable bonds is 6. The molecule has 3 heteroatoms. The number of hydrogen-bond acceptors (Lipinski definition) is 2. The van der Waals surface area contributed by atoms with Gasteiger partial charge >= 0.3 is 0 Å². The molecule has 0 spiro atoms. The van der Waals surface area contributed by atoms with Gasteiger partial charge in [-0.25, -0.2) is 4.98 Å². The van der Waals surface area contributed by atoms with Gasteiger partial charge < -0.3 is 9.88 Å². The monoisotopic (exact) mass is 195 g/mol. The number of aromatic nitrogens is 2. The van der Waals surface area contributed by atoms with Crippen LogP contribution in [0.5, 0.6) is 0 Å². The summed E-state index contributed by atoms with van der Waals surface area (Å²) >= 11 is 0. The molecule has 80 valence electrons. The molecule has 1 rings (SSSR count). The lowest BCUT2D eigenvalue weighted by molar-refractivity contribution is 0.421. The highest BCUT2D eigenvalue weighted by molar-refractivity contribution is 5.25. The molecule has 1 aromatic rings. The standard InChI is InChI=1S/C11H21N3/c1-4-10(5-2)9-14-8-7-13-11(14)12-6-3/h7-8,10H,4-6,9H2,1-3H3,(H,12,13). The molecule has 1 heterocycles. The van der Waals surface area contributed by atoms with E-state index in [-0.39, 0.29) is 0 Å². The van der Waals surface area contributed by atoms with Crippen LogP contribution in [0.4, 0.5) is 5.95 Å². The molecule has 0 saturated carbocycles. The normalized spacial score (nSPS) is 10.9. The molecule has 0 aliphatic carbocycles. The summed E-state index contributed by atoms with van der Waals surface area (Å²) in [4.78, 5) is 4.28. The molecule has 1 aromatic heterocycles. The van der Waals surface area contributed by atoms with Gasteiger partial charge in [-0.2, -0.15) is 0 Å². The molecule has 0 amide bonds. The molecule has 0 saturated heterocycles. The Balaban J connectivity index is 2.60. The Bertz CT molecular complexity index is 251. The van der Waals surface area contributed by atoms with Crippen molar-refractivity contribution in [3.8, 4) is 0 Å². The van der Waals surface area contributed by atoms with Crippen molar-refractivity contribution in [3.05, 3.63) is 12.4 Å². The molecule has 0 aliphatic heterocycles. The second kappa shape index (κ2) is 5.68. The molecule has 1 N–H and O–H groups in total. The summed E-state index contributed by atoms with van der Waals surface area (Å²) in [5, 5.41) is 3.26. The zero-order valence-electron chi connectivity index (χ0n) is 9.45. The van der Waals surface area contributed by atoms with Crippen LogP contribution in [-0.4, -0.2) is 16.1 Å². The van der Waals surface area contributed by atoms with Gasteiger partial charge in [-0.15, -0.1) is 0 Å². The molecule has 0 aromatic carbocycles. The van der Waals surface area contributed by atoms with E-state index in [1.54, 1.807) is 0 Å². The number of hydrogen-bond donors (Lipinski definition) is 1. The summed E-state index contributed by atoms with van der Waals surface area (Å²) < 4.78 is 2.21. The fraction of sp³-hybridized carbons (Fsp3) is 0.727. The average Bonchev–Trinajstić information content (AvgIpc) is 2.62. The molecule has 0 atom stereocenters. The van der Waals surface area contributed by atoms with Crippen LogP contribution in [0.2, 0.25) is 0 Å². The maximum absolute atomic E-state index is 4.28. The number of nitrogens with zero attached hydrogens (tertiary/aromatic N) is 2. The zero-order chi connectivity index (χ0) is 10.4. The molecular weight excluding hydrogens is 174 g/mol. The fourth-order valence-corrected chi connectivity index (χ4v) is 1.61. The Kier molecular flexibility index (Phi) is 4.50. The van der Waals surface area contributed by atoms with Crippen molar-refractivity contribution in [1.82, 2.24) is 9.55 Å². The predicted octanol–water partition coefficient (Wildman–Crippen LogP) is 2.75. The van der Waals surface area contributed by atoms with Crippen LogP contribution in [0, 0.1) is 5.92 Å². The van der Waals surface area contributed by atoms with E-state index in [9.17, 15) is 0 Å². The van der Waals surface area contributed by atoms with Gasteiger partial charge in [0.05, 0.1) is 0 Å². The van der Waals surface area contributed by atoms with Crippen LogP contribution in [0.25, 0.3) is 0 Å². The van der Waals surface area contributed by atoms with Crippen molar-refractivity contribution in [2.75, 3.05) is 11.9 Å². The second-order valence-electron chi connectivity index (χ2n) is 3.62. The third-order valence-corrected chi connectivity index (χ3v) is 2.66. The Morgan fingerprint density at radius 2 is 2.07 bits per heavy atom. The van der Waals surface area contributed by atoms with Gasteiger partial charge in [0.1, 0.15) is 0 Å². The van der Waals surface area contributed by atoms with Crippen molar-refractivity contribution >= 4 is 5.95 Å². The highest BCUT2D eigenvalue weighted by atomic mass is 15.2. The third-order valence-electron chi connectivity index (χ3n) is 2.66. The summed E-state index contributed by atoms with van der Waals surface area (Å²) in [6.45, 7) is 8.60. The largest absolute Gasteiger partial charge is 0.356 e. The molecule has 0 radical (unpaired) electrons. The van der Waals surface area contributed by atoms with Gasteiger partial charge in [-0.1, -0.05) is 26.7 Å². The van der Waals surface area contributed by atoms with E-state index in [4.69, 9.17) is 0 Å². The third kappa shape index (κ3) is 2.76. The summed E-state index contributed by atoms with van der Waals surface area (Å²) in [7, 11) is 0. The highest BCUT2D eigenvalue weighted by Gasteiger charge is 2.07. The molecular formula is C11H21N3. The van der Waals surface area contributed by atoms with Crippen LogP contribution < -0.4 is 5.32 Å². The van der Waals surface area contributed by atoms with Crippen molar-refractivity contribution < 1.29 is 0 Å². The summed E-state index contributed by atoms with van der Waals surface area (Å²) in [6, 6.07) is 0. The summed E-state index contributed by atoms with van der Waals surface area (Å²) in [5.74, 6) is 1.76. The maximum atomic E-state index is 4.28. The van der Waals surface area contributed by atoms with Gasteiger partial charge in [0.2, 0.25) is 5.95 Å². The average molecular weight is 195 g/mol. The Morgan fingerprint density at radius 3 is 2.64 bits per heavy atom. The predicted molar refractivity (Wildman–Crippen MR) is 60.5 cm³/mol. The summed E-state index contributed by atoms with van der Waals surface area (Å²) in [6.07, 6.45) is 6.39. The van der Waals surface area contributed by atoms with Crippen LogP contribution in [0.1, 0.15) is 33.6 Å². The van der Waals surface area contributed by atoms with Crippen molar-refractivity contribution in [2.24, 2.45) is 5.92 Å². The Morgan fingerprint density at radius 1 is 1.36 bits per heavy atom. The van der Waals surface area contributed by atoms with Gasteiger partial charge in [-0.3, -0.25) is 0 Å². The Hall–Kier alpha value is -0.990. The minimum atomic E-state index is 0.765. The van der Waals surface area contributed by atoms with Crippen molar-refractivity contribution in [3.63, 3.8) is 0 Å². The number of imidazole rings is 1. The molecule has 3 nitrogen and oxygen atoms in total. The topological polar surface area (TPSA) is 29.9 Å². The first-order chi connectivity index (χ1) is 6.81. The highest BCUT2D eigenvalue weighted by Crippen LogP contribution is 2.14. The van der Waals surface area contributed by atoms with E-state index >= 15 is 0 Å². The lowest BCUT2D eigenvalue weighted by Crippen LogP contribution is -2.12. The minimum absolute atomic E-state index is 0.765. The van der Waals surface area contributed by atoms with E-state index in [1.165, 1.54) is 12.8 Å². The van der Waals surface area contributed by atoms with E-state index in [2.05, 4.69) is 41.8 Å². The van der Waals surface area contributed by atoms with E-state index in [0.29, 0.717) is 0 Å². The van der Waals surface area contributed by atoms with Gasteiger partial charge in [0.15, 0.2) is 0 Å². The van der Waals surface area contributed by atoms with Gasteiger partial charge in [0, 0.05) is 25.5 Å². The molecule has 0 aliphatic rings. The van der Waals surface area contributed by atoms with Crippen LogP contribution in [0.3, 0.4) is 0 Å². The zero-order valence-corrected chi connectivity index (χ0v) is 9.45. The minimum Gasteiger partial charge on any atom is -0.356 e. The lowest BCUT2D eigenvalue weighted by atomic mass is 10.0.